The van der Waals surface area contributed by atoms with E-state index in [2.05, 4.69) is 0 Å². The third kappa shape index (κ3) is 2.57. The van der Waals surface area contributed by atoms with E-state index in [9.17, 15) is 13.2 Å². The molecule has 6 heteroatoms. The lowest BCUT2D eigenvalue weighted by Crippen LogP contribution is -2.62. The molecule has 2 saturated heterocycles. The van der Waals surface area contributed by atoms with Crippen LogP contribution in [0, 0.1) is 0 Å². The number of nitrogens with zero attached hydrogens (tertiary/aromatic N) is 2. The first-order valence-electron chi connectivity index (χ1n) is 7.94. The van der Waals surface area contributed by atoms with Gasteiger partial charge in [-0.15, -0.1) is 0 Å². The summed E-state index contributed by atoms with van der Waals surface area (Å²) in [6.45, 7) is 0.190. The smallest absolute Gasteiger partial charge is 0.246 e. The topological polar surface area (TPSA) is 57.7 Å². The first-order valence-corrected chi connectivity index (χ1v) is 9.76. The molecule has 2 heterocycles. The van der Waals surface area contributed by atoms with Crippen LogP contribution in [0.25, 0.3) is 0 Å². The van der Waals surface area contributed by atoms with E-state index in [0.29, 0.717) is 0 Å². The van der Waals surface area contributed by atoms with Crippen LogP contribution in [0.5, 0.6) is 0 Å². The molecule has 1 amide bonds. The van der Waals surface area contributed by atoms with E-state index >= 15 is 0 Å². The number of rotatable bonds is 2. The third-order valence-electron chi connectivity index (χ3n) is 4.72. The van der Waals surface area contributed by atoms with Crippen molar-refractivity contribution in [2.24, 2.45) is 0 Å². The van der Waals surface area contributed by atoms with E-state index in [0.717, 1.165) is 11.4 Å². The number of amides is 1. The van der Waals surface area contributed by atoms with Crippen molar-refractivity contribution in [1.29, 1.82) is 0 Å². The number of carbonyl (C=O) groups is 1. The van der Waals surface area contributed by atoms with E-state index in [4.69, 9.17) is 0 Å². The zero-order chi connectivity index (χ0) is 16.7. The molecule has 24 heavy (non-hydrogen) atoms. The summed E-state index contributed by atoms with van der Waals surface area (Å²) in [6, 6.07) is 18.3. The molecule has 2 aromatic carbocycles. The molecule has 0 saturated carbocycles. The lowest BCUT2D eigenvalue weighted by atomic mass is 10.0. The number of fused-ring (bicyclic) bond motifs is 1. The van der Waals surface area contributed by atoms with Gasteiger partial charge in [0.15, 0.2) is 9.84 Å². The molecule has 2 aromatic rings. The highest BCUT2D eigenvalue weighted by Crippen LogP contribution is 2.34. The second-order valence-electron chi connectivity index (χ2n) is 6.27. The van der Waals surface area contributed by atoms with Crippen molar-refractivity contribution >= 4 is 27.1 Å². The molecule has 124 valence electrons. The number of para-hydroxylation sites is 2. The van der Waals surface area contributed by atoms with Gasteiger partial charge in [-0.2, -0.15) is 0 Å². The van der Waals surface area contributed by atoms with Gasteiger partial charge >= 0.3 is 0 Å². The Kier molecular flexibility index (Phi) is 3.57. The predicted octanol–water partition coefficient (Wildman–Crippen LogP) is 1.71. The van der Waals surface area contributed by atoms with E-state index in [1.165, 1.54) is 0 Å². The molecule has 2 fully saturated rings. The maximum Gasteiger partial charge on any atom is 0.246 e. The first-order chi connectivity index (χ1) is 11.6. The highest BCUT2D eigenvalue weighted by molar-refractivity contribution is 7.91. The number of carbonyl (C=O) groups excluding carboxylic acids is 1. The predicted molar refractivity (Wildman–Crippen MR) is 93.9 cm³/mol. The van der Waals surface area contributed by atoms with Crippen LogP contribution in [0.1, 0.15) is 0 Å². The number of piperazine rings is 1. The highest BCUT2D eigenvalue weighted by atomic mass is 32.2. The molecule has 0 unspecified atom stereocenters. The van der Waals surface area contributed by atoms with E-state index < -0.39 is 9.84 Å². The summed E-state index contributed by atoms with van der Waals surface area (Å²) in [6.07, 6.45) is 0. The normalized spacial score (nSPS) is 25.6. The van der Waals surface area contributed by atoms with Gasteiger partial charge in [-0.05, 0) is 24.3 Å². The fourth-order valence-electron chi connectivity index (χ4n) is 3.71. The summed E-state index contributed by atoms with van der Waals surface area (Å²) in [7, 11) is -3.17. The van der Waals surface area contributed by atoms with Crippen LogP contribution in [-0.2, 0) is 14.6 Å². The Morgan fingerprint density at radius 2 is 1.33 bits per heavy atom. The Morgan fingerprint density at radius 1 is 0.792 bits per heavy atom. The lowest BCUT2D eigenvalue weighted by Gasteiger charge is -2.44. The molecule has 2 aliphatic rings. The number of hydrogen-bond donors (Lipinski definition) is 0. The lowest BCUT2D eigenvalue weighted by molar-refractivity contribution is -0.118. The quantitative estimate of drug-likeness (QED) is 0.834. The van der Waals surface area contributed by atoms with Crippen molar-refractivity contribution in [3.63, 3.8) is 0 Å². The molecule has 0 aliphatic carbocycles. The summed E-state index contributed by atoms with van der Waals surface area (Å²) >= 11 is 0. The van der Waals surface area contributed by atoms with Crippen LogP contribution in [0.3, 0.4) is 0 Å². The molecular weight excluding hydrogens is 324 g/mol. The first kappa shape index (κ1) is 15.2. The van der Waals surface area contributed by atoms with Gasteiger partial charge in [0.25, 0.3) is 0 Å². The summed E-state index contributed by atoms with van der Waals surface area (Å²) in [5.41, 5.74) is 1.66. The minimum Gasteiger partial charge on any atom is -0.356 e. The van der Waals surface area contributed by atoms with E-state index in [1.54, 1.807) is 4.90 Å². The van der Waals surface area contributed by atoms with Crippen LogP contribution in [0.15, 0.2) is 60.7 Å². The Morgan fingerprint density at radius 3 is 1.96 bits per heavy atom. The molecule has 0 N–H and O–H groups in total. The molecule has 2 aliphatic heterocycles. The Bertz CT molecular complexity index is 852. The van der Waals surface area contributed by atoms with Gasteiger partial charge in [-0.1, -0.05) is 36.4 Å². The van der Waals surface area contributed by atoms with Crippen molar-refractivity contribution in [3.05, 3.63) is 60.7 Å². The van der Waals surface area contributed by atoms with Crippen LogP contribution in [0.2, 0.25) is 0 Å². The van der Waals surface area contributed by atoms with Crippen LogP contribution >= 0.6 is 0 Å². The van der Waals surface area contributed by atoms with Crippen molar-refractivity contribution in [2.45, 2.75) is 12.1 Å². The van der Waals surface area contributed by atoms with Gasteiger partial charge in [0.05, 0.1) is 30.1 Å². The standard InChI is InChI=1S/C18H18N2O3S/c21-18-11-19(14-7-3-1-4-8-14)16-12-24(22,23)13-17(16)20(18)15-9-5-2-6-10-15/h1-10,16-17H,11-13H2/t16-,17-/m0/s1. The third-order valence-corrected chi connectivity index (χ3v) is 6.42. The Labute approximate surface area is 141 Å². The fraction of sp³-hybridized carbons (Fsp3) is 0.278. The molecule has 0 aromatic heterocycles. The average Bonchev–Trinajstić information content (AvgIpc) is 2.90. The van der Waals surface area contributed by atoms with Crippen LogP contribution in [0.4, 0.5) is 11.4 Å². The monoisotopic (exact) mass is 342 g/mol. The molecule has 2 atom stereocenters. The summed E-state index contributed by atoms with van der Waals surface area (Å²) in [5.74, 6) is 0.0357. The Balaban J connectivity index is 1.77. The van der Waals surface area contributed by atoms with Gasteiger partial charge in [0.2, 0.25) is 5.91 Å². The van der Waals surface area contributed by atoms with Gasteiger partial charge in [0, 0.05) is 11.4 Å². The fourth-order valence-corrected chi connectivity index (χ4v) is 5.66. The van der Waals surface area contributed by atoms with Crippen molar-refractivity contribution in [3.8, 4) is 0 Å². The van der Waals surface area contributed by atoms with Crippen LogP contribution in [-0.4, -0.2) is 44.5 Å². The van der Waals surface area contributed by atoms with Gasteiger partial charge in [-0.3, -0.25) is 4.79 Å². The molecule has 4 rings (SSSR count). The molecule has 5 nitrogen and oxygen atoms in total. The molecule has 0 spiro atoms. The van der Waals surface area contributed by atoms with E-state index in [1.807, 2.05) is 65.6 Å². The minimum atomic E-state index is -3.17. The number of hydrogen-bond acceptors (Lipinski definition) is 4. The zero-order valence-corrected chi connectivity index (χ0v) is 13.9. The summed E-state index contributed by atoms with van der Waals surface area (Å²) < 4.78 is 24.6. The summed E-state index contributed by atoms with van der Waals surface area (Å²) in [4.78, 5) is 16.4. The van der Waals surface area contributed by atoms with Crippen molar-refractivity contribution in [2.75, 3.05) is 27.9 Å². The van der Waals surface area contributed by atoms with Crippen molar-refractivity contribution in [1.82, 2.24) is 0 Å². The van der Waals surface area contributed by atoms with Gasteiger partial charge in [-0.25, -0.2) is 8.42 Å². The molecular formula is C18H18N2O3S. The molecule has 0 radical (unpaired) electrons. The maximum atomic E-state index is 12.8. The molecule has 0 bridgehead atoms. The largest absolute Gasteiger partial charge is 0.356 e. The average molecular weight is 342 g/mol. The van der Waals surface area contributed by atoms with E-state index in [-0.39, 0.29) is 36.0 Å². The van der Waals surface area contributed by atoms with Crippen LogP contribution < -0.4 is 9.80 Å². The SMILES string of the molecule is O=C1CN(c2ccccc2)[C@H]2CS(=O)(=O)C[C@@H]2N1c1ccccc1. The van der Waals surface area contributed by atoms with Crippen molar-refractivity contribution < 1.29 is 13.2 Å². The maximum absolute atomic E-state index is 12.8. The number of sulfone groups is 1. The van der Waals surface area contributed by atoms with Gasteiger partial charge < -0.3 is 9.80 Å². The second kappa shape index (κ2) is 5.63. The minimum absolute atomic E-state index is 0.0155. The highest BCUT2D eigenvalue weighted by Gasteiger charge is 2.49. The van der Waals surface area contributed by atoms with Gasteiger partial charge in [0.1, 0.15) is 0 Å². The zero-order valence-electron chi connectivity index (χ0n) is 13.1. The number of benzene rings is 2. The second-order valence-corrected chi connectivity index (χ2v) is 8.43. The number of anilines is 2. The Hall–Kier alpha value is -2.34. The summed E-state index contributed by atoms with van der Waals surface area (Å²) in [5, 5.41) is 0.